The maximum absolute atomic E-state index is 13.5. The van der Waals surface area contributed by atoms with Gasteiger partial charge >= 0.3 is 0 Å². The molecule has 7 heteroatoms. The standard InChI is InChI=1S/C23H23N3O4/c1-15-5-3-7-19(13-15)25-22(27)20(17-8-10-18(11-9-17)26(29)30)21(23(25)28)24-12-4-6-16(2)14-24/h3,5,7-11,13,16H,4,6,12,14H2,1-2H3. The van der Waals surface area contributed by atoms with E-state index in [4.69, 9.17) is 0 Å². The van der Waals surface area contributed by atoms with E-state index in [2.05, 4.69) is 6.92 Å². The van der Waals surface area contributed by atoms with Crippen molar-refractivity contribution < 1.29 is 14.5 Å². The number of carbonyl (C=O) groups is 2. The zero-order valence-corrected chi connectivity index (χ0v) is 17.0. The zero-order valence-electron chi connectivity index (χ0n) is 17.0. The third kappa shape index (κ3) is 3.47. The van der Waals surface area contributed by atoms with E-state index in [1.165, 1.54) is 17.0 Å². The summed E-state index contributed by atoms with van der Waals surface area (Å²) in [6.45, 7) is 5.45. The zero-order chi connectivity index (χ0) is 21.4. The van der Waals surface area contributed by atoms with Crippen LogP contribution in [-0.2, 0) is 9.59 Å². The smallest absolute Gasteiger partial charge is 0.282 e. The average molecular weight is 405 g/mol. The molecule has 7 nitrogen and oxygen atoms in total. The highest BCUT2D eigenvalue weighted by Crippen LogP contribution is 2.37. The Balaban J connectivity index is 1.82. The van der Waals surface area contributed by atoms with Crippen molar-refractivity contribution in [3.05, 3.63) is 75.5 Å². The lowest BCUT2D eigenvalue weighted by Crippen LogP contribution is -2.39. The van der Waals surface area contributed by atoms with Crippen molar-refractivity contribution in [2.45, 2.75) is 26.7 Å². The van der Waals surface area contributed by atoms with Crippen LogP contribution in [0.5, 0.6) is 0 Å². The maximum atomic E-state index is 13.5. The van der Waals surface area contributed by atoms with E-state index in [-0.39, 0.29) is 11.6 Å². The van der Waals surface area contributed by atoms with Crippen molar-refractivity contribution in [3.63, 3.8) is 0 Å². The van der Waals surface area contributed by atoms with E-state index >= 15 is 0 Å². The number of likely N-dealkylation sites (tertiary alicyclic amines) is 1. The molecule has 0 radical (unpaired) electrons. The number of rotatable bonds is 4. The van der Waals surface area contributed by atoms with Gasteiger partial charge in [-0.15, -0.1) is 0 Å². The van der Waals surface area contributed by atoms with Crippen molar-refractivity contribution in [2.24, 2.45) is 5.92 Å². The number of piperidine rings is 1. The van der Waals surface area contributed by atoms with E-state index in [0.717, 1.165) is 18.4 Å². The number of nitro benzene ring substituents is 1. The second kappa shape index (κ2) is 7.74. The van der Waals surface area contributed by atoms with Crippen molar-refractivity contribution in [3.8, 4) is 0 Å². The Hall–Kier alpha value is -3.48. The number of anilines is 1. The Morgan fingerprint density at radius 1 is 1.07 bits per heavy atom. The number of nitrogens with zero attached hydrogens (tertiary/aromatic N) is 3. The van der Waals surface area contributed by atoms with Crippen LogP contribution in [0.1, 0.15) is 30.9 Å². The topological polar surface area (TPSA) is 83.8 Å². The Kier molecular flexibility index (Phi) is 5.11. The van der Waals surface area contributed by atoms with Crippen molar-refractivity contribution in [1.29, 1.82) is 0 Å². The van der Waals surface area contributed by atoms with Gasteiger partial charge in [0.2, 0.25) is 0 Å². The number of carbonyl (C=O) groups excluding carboxylic acids is 2. The van der Waals surface area contributed by atoms with Crippen LogP contribution in [0.25, 0.3) is 5.57 Å². The lowest BCUT2D eigenvalue weighted by Gasteiger charge is -2.33. The molecule has 1 fully saturated rings. The molecule has 0 aromatic heterocycles. The predicted molar refractivity (Wildman–Crippen MR) is 114 cm³/mol. The number of hydrogen-bond donors (Lipinski definition) is 0. The molecule has 0 N–H and O–H groups in total. The summed E-state index contributed by atoms with van der Waals surface area (Å²) in [4.78, 5) is 40.7. The van der Waals surface area contributed by atoms with Crippen LogP contribution in [0.2, 0.25) is 0 Å². The molecule has 1 unspecified atom stereocenters. The molecule has 0 aliphatic carbocycles. The fourth-order valence-corrected chi connectivity index (χ4v) is 4.22. The van der Waals surface area contributed by atoms with Gasteiger partial charge in [0, 0.05) is 25.2 Å². The lowest BCUT2D eigenvalue weighted by molar-refractivity contribution is -0.384. The number of nitro groups is 1. The second-order valence-electron chi connectivity index (χ2n) is 8.01. The summed E-state index contributed by atoms with van der Waals surface area (Å²) in [5.74, 6) is -0.319. The molecule has 0 spiro atoms. The van der Waals surface area contributed by atoms with Gasteiger partial charge in [-0.2, -0.15) is 0 Å². The first-order chi connectivity index (χ1) is 14.4. The van der Waals surface area contributed by atoms with E-state index in [0.29, 0.717) is 41.5 Å². The first kappa shape index (κ1) is 19.8. The maximum Gasteiger partial charge on any atom is 0.282 e. The molecule has 1 saturated heterocycles. The SMILES string of the molecule is Cc1cccc(N2C(=O)C(c3ccc([N+](=O)[O-])cc3)=C(N3CCCC(C)C3)C2=O)c1. The Labute approximate surface area is 174 Å². The number of hydrogen-bond acceptors (Lipinski definition) is 5. The third-order valence-electron chi connectivity index (χ3n) is 5.66. The molecular weight excluding hydrogens is 382 g/mol. The highest BCUT2D eigenvalue weighted by atomic mass is 16.6. The molecule has 154 valence electrons. The lowest BCUT2D eigenvalue weighted by atomic mass is 9.97. The molecule has 0 bridgehead atoms. The highest BCUT2D eigenvalue weighted by molar-refractivity contribution is 6.45. The Morgan fingerprint density at radius 2 is 1.80 bits per heavy atom. The van der Waals surface area contributed by atoms with Crippen molar-refractivity contribution in [1.82, 2.24) is 4.90 Å². The van der Waals surface area contributed by atoms with Gasteiger partial charge in [-0.25, -0.2) is 4.90 Å². The van der Waals surface area contributed by atoms with Crippen LogP contribution in [0, 0.1) is 23.0 Å². The van der Waals surface area contributed by atoms with Gasteiger partial charge in [-0.3, -0.25) is 19.7 Å². The average Bonchev–Trinajstić information content (AvgIpc) is 2.98. The first-order valence-electron chi connectivity index (χ1n) is 10.1. The van der Waals surface area contributed by atoms with Crippen LogP contribution >= 0.6 is 0 Å². The van der Waals surface area contributed by atoms with Gasteiger partial charge in [0.1, 0.15) is 5.70 Å². The molecule has 2 aliphatic rings. The monoisotopic (exact) mass is 405 g/mol. The van der Waals surface area contributed by atoms with Gasteiger partial charge < -0.3 is 4.90 Å². The van der Waals surface area contributed by atoms with Gasteiger partial charge in [-0.05, 0) is 61.1 Å². The summed E-state index contributed by atoms with van der Waals surface area (Å²) in [5, 5.41) is 11.0. The highest BCUT2D eigenvalue weighted by Gasteiger charge is 2.43. The minimum Gasteiger partial charge on any atom is -0.366 e. The summed E-state index contributed by atoms with van der Waals surface area (Å²) in [6, 6.07) is 13.1. The van der Waals surface area contributed by atoms with Gasteiger partial charge in [0.15, 0.2) is 0 Å². The predicted octanol–water partition coefficient (Wildman–Crippen LogP) is 3.92. The van der Waals surface area contributed by atoms with E-state index in [9.17, 15) is 19.7 Å². The van der Waals surface area contributed by atoms with Gasteiger partial charge in [0.25, 0.3) is 17.5 Å². The summed E-state index contributed by atoms with van der Waals surface area (Å²) in [5.41, 5.74) is 2.64. The second-order valence-corrected chi connectivity index (χ2v) is 8.01. The van der Waals surface area contributed by atoms with Gasteiger partial charge in [-0.1, -0.05) is 19.1 Å². The minimum atomic E-state index is -0.480. The number of imide groups is 1. The van der Waals surface area contributed by atoms with Crippen LogP contribution in [-0.4, -0.2) is 34.7 Å². The van der Waals surface area contributed by atoms with Crippen LogP contribution < -0.4 is 4.90 Å². The van der Waals surface area contributed by atoms with Crippen molar-refractivity contribution in [2.75, 3.05) is 18.0 Å². The molecule has 2 aromatic rings. The molecule has 4 rings (SSSR count). The molecule has 2 aliphatic heterocycles. The van der Waals surface area contributed by atoms with Crippen LogP contribution in [0.15, 0.2) is 54.2 Å². The molecule has 30 heavy (non-hydrogen) atoms. The summed E-state index contributed by atoms with van der Waals surface area (Å²) >= 11 is 0. The Bertz CT molecular complexity index is 1060. The molecule has 2 heterocycles. The molecule has 0 saturated carbocycles. The van der Waals surface area contributed by atoms with Crippen molar-refractivity contribution >= 4 is 28.8 Å². The molecule has 2 aromatic carbocycles. The first-order valence-corrected chi connectivity index (χ1v) is 10.1. The fraction of sp³-hybridized carbons (Fsp3) is 0.304. The largest absolute Gasteiger partial charge is 0.366 e. The summed E-state index contributed by atoms with van der Waals surface area (Å²) in [7, 11) is 0. The third-order valence-corrected chi connectivity index (χ3v) is 5.66. The molecule has 1 atom stereocenters. The van der Waals surface area contributed by atoms with E-state index in [1.807, 2.05) is 30.0 Å². The van der Waals surface area contributed by atoms with E-state index < -0.39 is 10.8 Å². The number of aryl methyl sites for hydroxylation is 1. The van der Waals surface area contributed by atoms with Crippen LogP contribution in [0.3, 0.4) is 0 Å². The fourth-order valence-electron chi connectivity index (χ4n) is 4.22. The molecule has 2 amide bonds. The molecular formula is C23H23N3O4. The minimum absolute atomic E-state index is 0.0557. The quantitative estimate of drug-likeness (QED) is 0.437. The van der Waals surface area contributed by atoms with E-state index in [1.54, 1.807) is 18.2 Å². The summed E-state index contributed by atoms with van der Waals surface area (Å²) < 4.78 is 0. The number of non-ortho nitro benzene ring substituents is 1. The van der Waals surface area contributed by atoms with Crippen LogP contribution in [0.4, 0.5) is 11.4 Å². The Morgan fingerprint density at radius 3 is 2.43 bits per heavy atom. The normalized spacial score (nSPS) is 19.6. The number of benzene rings is 2. The summed E-state index contributed by atoms with van der Waals surface area (Å²) in [6.07, 6.45) is 2.03. The number of amides is 2. The van der Waals surface area contributed by atoms with Gasteiger partial charge in [0.05, 0.1) is 16.2 Å².